The van der Waals surface area contributed by atoms with Crippen molar-refractivity contribution >= 4 is 23.5 Å². The van der Waals surface area contributed by atoms with Gasteiger partial charge in [-0.25, -0.2) is 4.79 Å². The first-order valence-corrected chi connectivity index (χ1v) is 7.89. The molecule has 0 radical (unpaired) electrons. The van der Waals surface area contributed by atoms with Crippen LogP contribution >= 0.6 is 11.6 Å². The molecule has 0 aliphatic rings. The van der Waals surface area contributed by atoms with Gasteiger partial charge in [-0.1, -0.05) is 29.8 Å². The van der Waals surface area contributed by atoms with E-state index in [0.29, 0.717) is 10.6 Å². The smallest absolute Gasteiger partial charge is 0.416 e. The first-order valence-electron chi connectivity index (χ1n) is 7.51. The largest absolute Gasteiger partial charge is 0.467 e. The molecule has 1 N–H and O–H groups in total. The molecule has 2 aromatic carbocycles. The molecule has 26 heavy (non-hydrogen) atoms. The van der Waals surface area contributed by atoms with E-state index in [9.17, 15) is 22.8 Å². The van der Waals surface area contributed by atoms with Gasteiger partial charge in [0, 0.05) is 17.0 Å². The Balaban J connectivity index is 2.20. The van der Waals surface area contributed by atoms with Crippen molar-refractivity contribution < 1.29 is 27.5 Å². The molecule has 0 bridgehead atoms. The minimum absolute atomic E-state index is 0.0813. The summed E-state index contributed by atoms with van der Waals surface area (Å²) in [4.78, 5) is 24.2. The van der Waals surface area contributed by atoms with Crippen LogP contribution < -0.4 is 5.32 Å². The SMILES string of the molecule is COC(=O)[C@H](Cc1cccc(Cl)c1)NC(=O)c1cccc(C(F)(F)F)c1. The average Bonchev–Trinajstić information content (AvgIpc) is 2.60. The second kappa shape index (κ2) is 8.23. The van der Waals surface area contributed by atoms with Gasteiger partial charge < -0.3 is 10.1 Å². The normalized spacial score (nSPS) is 12.3. The van der Waals surface area contributed by atoms with E-state index in [4.69, 9.17) is 11.6 Å². The van der Waals surface area contributed by atoms with E-state index in [1.807, 2.05) is 0 Å². The Labute approximate surface area is 152 Å². The van der Waals surface area contributed by atoms with E-state index in [1.54, 1.807) is 24.3 Å². The average molecular weight is 386 g/mol. The summed E-state index contributed by atoms with van der Waals surface area (Å²) in [5.41, 5.74) is -0.494. The van der Waals surface area contributed by atoms with Crippen LogP contribution in [0.5, 0.6) is 0 Å². The molecule has 138 valence electrons. The molecule has 0 aromatic heterocycles. The number of hydrogen-bond acceptors (Lipinski definition) is 3. The van der Waals surface area contributed by atoms with Gasteiger partial charge in [0.1, 0.15) is 6.04 Å². The third kappa shape index (κ3) is 5.23. The van der Waals surface area contributed by atoms with Crippen molar-refractivity contribution in [2.24, 2.45) is 0 Å². The van der Waals surface area contributed by atoms with Crippen LogP contribution in [0, 0.1) is 0 Å². The van der Waals surface area contributed by atoms with E-state index in [1.165, 1.54) is 6.07 Å². The number of ether oxygens (including phenoxy) is 1. The second-order valence-corrected chi connectivity index (χ2v) is 5.90. The lowest BCUT2D eigenvalue weighted by atomic mass is 10.0. The van der Waals surface area contributed by atoms with Crippen LogP contribution in [-0.4, -0.2) is 25.0 Å². The fourth-order valence-electron chi connectivity index (χ4n) is 2.31. The van der Waals surface area contributed by atoms with E-state index < -0.39 is 29.7 Å². The van der Waals surface area contributed by atoms with E-state index in [0.717, 1.165) is 25.3 Å². The van der Waals surface area contributed by atoms with Gasteiger partial charge in [0.2, 0.25) is 0 Å². The van der Waals surface area contributed by atoms with Gasteiger partial charge in [-0.2, -0.15) is 13.2 Å². The number of rotatable bonds is 5. The number of amides is 1. The molecular weight excluding hydrogens is 371 g/mol. The molecule has 2 aromatic rings. The summed E-state index contributed by atoms with van der Waals surface area (Å²) in [5, 5.41) is 2.86. The molecular formula is C18H15ClF3NO3. The number of nitrogens with one attached hydrogen (secondary N) is 1. The highest BCUT2D eigenvalue weighted by molar-refractivity contribution is 6.30. The topological polar surface area (TPSA) is 55.4 Å². The zero-order valence-electron chi connectivity index (χ0n) is 13.6. The third-order valence-electron chi connectivity index (χ3n) is 3.57. The fourth-order valence-corrected chi connectivity index (χ4v) is 2.53. The lowest BCUT2D eigenvalue weighted by molar-refractivity contribution is -0.143. The first kappa shape index (κ1) is 19.8. The van der Waals surface area contributed by atoms with Gasteiger partial charge in [-0.15, -0.1) is 0 Å². The summed E-state index contributed by atoms with van der Waals surface area (Å²) in [6, 6.07) is 9.54. The Kier molecular flexibility index (Phi) is 6.26. The highest BCUT2D eigenvalue weighted by Gasteiger charge is 2.31. The van der Waals surface area contributed by atoms with Gasteiger partial charge in [-0.05, 0) is 35.9 Å². The summed E-state index contributed by atoms with van der Waals surface area (Å²) in [6.07, 6.45) is -4.49. The minimum atomic E-state index is -4.57. The lowest BCUT2D eigenvalue weighted by Gasteiger charge is -2.17. The van der Waals surface area contributed by atoms with Crippen LogP contribution in [0.3, 0.4) is 0 Å². The number of hydrogen-bond donors (Lipinski definition) is 1. The molecule has 1 atom stereocenters. The van der Waals surface area contributed by atoms with Crippen LogP contribution in [0.2, 0.25) is 5.02 Å². The highest BCUT2D eigenvalue weighted by atomic mass is 35.5. The Morgan fingerprint density at radius 2 is 1.85 bits per heavy atom. The van der Waals surface area contributed by atoms with Gasteiger partial charge in [0.25, 0.3) is 5.91 Å². The molecule has 4 nitrogen and oxygen atoms in total. The molecule has 0 saturated heterocycles. The Bertz CT molecular complexity index is 808. The number of methoxy groups -OCH3 is 1. The van der Waals surface area contributed by atoms with Crippen LogP contribution in [0.1, 0.15) is 21.5 Å². The minimum Gasteiger partial charge on any atom is -0.467 e. The summed E-state index contributed by atoms with van der Waals surface area (Å²) in [5.74, 6) is -1.53. The maximum Gasteiger partial charge on any atom is 0.416 e. The van der Waals surface area contributed by atoms with Crippen molar-refractivity contribution in [1.82, 2.24) is 5.32 Å². The molecule has 2 rings (SSSR count). The highest BCUT2D eigenvalue weighted by Crippen LogP contribution is 2.29. The van der Waals surface area contributed by atoms with Crippen molar-refractivity contribution in [3.63, 3.8) is 0 Å². The Hall–Kier alpha value is -2.54. The molecule has 0 heterocycles. The molecule has 0 spiro atoms. The van der Waals surface area contributed by atoms with Gasteiger partial charge in [-0.3, -0.25) is 4.79 Å². The van der Waals surface area contributed by atoms with Crippen LogP contribution in [0.25, 0.3) is 0 Å². The number of alkyl halides is 3. The van der Waals surface area contributed by atoms with Crippen molar-refractivity contribution in [2.75, 3.05) is 7.11 Å². The van der Waals surface area contributed by atoms with Crippen LogP contribution in [0.4, 0.5) is 13.2 Å². The monoisotopic (exact) mass is 385 g/mol. The van der Waals surface area contributed by atoms with Gasteiger partial charge in [0.05, 0.1) is 12.7 Å². The van der Waals surface area contributed by atoms with E-state index in [-0.39, 0.29) is 12.0 Å². The van der Waals surface area contributed by atoms with E-state index in [2.05, 4.69) is 10.1 Å². The lowest BCUT2D eigenvalue weighted by Crippen LogP contribution is -2.43. The van der Waals surface area contributed by atoms with Crippen LogP contribution in [0.15, 0.2) is 48.5 Å². The molecule has 0 aliphatic heterocycles. The standard InChI is InChI=1S/C18H15ClF3NO3/c1-26-17(25)15(9-11-4-2-7-14(19)8-11)23-16(24)12-5-3-6-13(10-12)18(20,21)22/h2-8,10,15H,9H2,1H3,(H,23,24)/t15-/m0/s1. The van der Waals surface area contributed by atoms with Crippen molar-refractivity contribution in [3.05, 3.63) is 70.2 Å². The fraction of sp³-hybridized carbons (Fsp3) is 0.222. The predicted octanol–water partition coefficient (Wildman–Crippen LogP) is 3.87. The molecule has 0 unspecified atom stereocenters. The first-order chi connectivity index (χ1) is 12.2. The summed E-state index contributed by atoms with van der Waals surface area (Å²) < 4.78 is 43.0. The third-order valence-corrected chi connectivity index (χ3v) is 3.81. The predicted molar refractivity (Wildman–Crippen MR) is 89.9 cm³/mol. The van der Waals surface area contributed by atoms with Gasteiger partial charge >= 0.3 is 12.1 Å². The number of halogens is 4. The molecule has 8 heteroatoms. The zero-order chi connectivity index (χ0) is 19.3. The molecule has 0 fully saturated rings. The van der Waals surface area contributed by atoms with Gasteiger partial charge in [0.15, 0.2) is 0 Å². The van der Waals surface area contributed by atoms with Crippen molar-refractivity contribution in [3.8, 4) is 0 Å². The molecule has 0 aliphatic carbocycles. The molecule has 1 amide bonds. The number of carbonyl (C=O) groups is 2. The Morgan fingerprint density at radius 1 is 1.15 bits per heavy atom. The maximum atomic E-state index is 12.8. The summed E-state index contributed by atoms with van der Waals surface area (Å²) >= 11 is 5.89. The quantitative estimate of drug-likeness (QED) is 0.795. The number of benzene rings is 2. The number of carbonyl (C=O) groups excluding carboxylic acids is 2. The second-order valence-electron chi connectivity index (χ2n) is 5.46. The van der Waals surface area contributed by atoms with Crippen molar-refractivity contribution in [2.45, 2.75) is 18.6 Å². The van der Waals surface area contributed by atoms with E-state index >= 15 is 0 Å². The maximum absolute atomic E-state index is 12.8. The van der Waals surface area contributed by atoms with Crippen LogP contribution in [-0.2, 0) is 22.1 Å². The summed E-state index contributed by atoms with van der Waals surface area (Å²) in [6.45, 7) is 0. The number of esters is 1. The molecule has 0 saturated carbocycles. The zero-order valence-corrected chi connectivity index (χ0v) is 14.4. The summed E-state index contributed by atoms with van der Waals surface area (Å²) in [7, 11) is 1.16. The Morgan fingerprint density at radius 3 is 2.46 bits per heavy atom. The van der Waals surface area contributed by atoms with Crippen molar-refractivity contribution in [1.29, 1.82) is 0 Å².